The van der Waals surface area contributed by atoms with E-state index in [2.05, 4.69) is 4.98 Å². The number of H-pyrrole nitrogens is 1. The van der Waals surface area contributed by atoms with Crippen molar-refractivity contribution in [2.45, 2.75) is 46.8 Å². The number of aromatic nitrogens is 1. The molecule has 1 amide bonds. The number of carbonyl (C=O) groups excluding carboxylic acids is 3. The molecule has 0 aliphatic carbocycles. The molecule has 0 radical (unpaired) electrons. The fraction of sp³-hybridized carbons (Fsp3) is 0.562. The fourth-order valence-corrected chi connectivity index (χ4v) is 2.17. The van der Waals surface area contributed by atoms with Crippen LogP contribution in [0.25, 0.3) is 0 Å². The molecule has 0 aliphatic heterocycles. The lowest BCUT2D eigenvalue weighted by molar-refractivity contribution is -0.137. The van der Waals surface area contributed by atoms with E-state index < -0.39 is 18.0 Å². The third kappa shape index (κ3) is 4.34. The summed E-state index contributed by atoms with van der Waals surface area (Å²) in [4.78, 5) is 40.3. The minimum Gasteiger partial charge on any atom is -0.459 e. The van der Waals surface area contributed by atoms with Crippen LogP contribution >= 0.6 is 0 Å². The monoisotopic (exact) mass is 324 g/mol. The van der Waals surface area contributed by atoms with Gasteiger partial charge in [0.1, 0.15) is 5.69 Å². The summed E-state index contributed by atoms with van der Waals surface area (Å²) in [6.45, 7) is 8.31. The Bertz CT molecular complexity index is 616. The topological polar surface area (TPSA) is 88.7 Å². The molecule has 0 bridgehead atoms. The minimum atomic E-state index is -0.911. The SMILES string of the molecule is Cc1[nH]c(C(=O)O[C@H](C)C(=O)N(C)C)c(C)c1C(=O)OC(C)C. The highest BCUT2D eigenvalue weighted by Crippen LogP contribution is 2.21. The van der Waals surface area contributed by atoms with Crippen molar-refractivity contribution in [2.24, 2.45) is 0 Å². The number of nitrogens with one attached hydrogen (secondary N) is 1. The Kier molecular flexibility index (Phi) is 5.95. The number of aryl methyl sites for hydroxylation is 1. The fourth-order valence-electron chi connectivity index (χ4n) is 2.17. The minimum absolute atomic E-state index is 0.150. The van der Waals surface area contributed by atoms with Crippen molar-refractivity contribution in [3.05, 3.63) is 22.5 Å². The van der Waals surface area contributed by atoms with Crippen molar-refractivity contribution in [1.29, 1.82) is 0 Å². The molecule has 1 aromatic heterocycles. The first-order valence-electron chi connectivity index (χ1n) is 7.38. The number of aromatic amines is 1. The molecule has 7 nitrogen and oxygen atoms in total. The van der Waals surface area contributed by atoms with E-state index in [1.807, 2.05) is 0 Å². The van der Waals surface area contributed by atoms with Gasteiger partial charge < -0.3 is 19.4 Å². The number of amides is 1. The second kappa shape index (κ2) is 7.30. The highest BCUT2D eigenvalue weighted by molar-refractivity contribution is 5.99. The first kappa shape index (κ1) is 18.7. The van der Waals surface area contributed by atoms with Gasteiger partial charge in [0.2, 0.25) is 0 Å². The van der Waals surface area contributed by atoms with Crippen LogP contribution in [0.4, 0.5) is 0 Å². The van der Waals surface area contributed by atoms with Gasteiger partial charge >= 0.3 is 11.9 Å². The third-order valence-electron chi connectivity index (χ3n) is 3.26. The average Bonchev–Trinajstić information content (AvgIpc) is 2.72. The second-order valence-corrected chi connectivity index (χ2v) is 5.86. The summed E-state index contributed by atoms with van der Waals surface area (Å²) in [5, 5.41) is 0. The summed E-state index contributed by atoms with van der Waals surface area (Å²) >= 11 is 0. The van der Waals surface area contributed by atoms with Crippen LogP contribution < -0.4 is 0 Å². The van der Waals surface area contributed by atoms with E-state index >= 15 is 0 Å². The van der Waals surface area contributed by atoms with Crippen LogP contribution in [0.5, 0.6) is 0 Å². The van der Waals surface area contributed by atoms with Gasteiger partial charge in [-0.05, 0) is 40.2 Å². The van der Waals surface area contributed by atoms with Crippen LogP contribution in [-0.2, 0) is 14.3 Å². The quantitative estimate of drug-likeness (QED) is 0.835. The molecule has 0 unspecified atom stereocenters. The summed E-state index contributed by atoms with van der Waals surface area (Å²) in [6, 6.07) is 0. The number of nitrogens with zero attached hydrogens (tertiary/aromatic N) is 1. The van der Waals surface area contributed by atoms with Crippen LogP contribution in [0.1, 0.15) is 52.9 Å². The van der Waals surface area contributed by atoms with E-state index in [4.69, 9.17) is 9.47 Å². The van der Waals surface area contributed by atoms with Gasteiger partial charge in [-0.2, -0.15) is 0 Å². The Morgan fingerprint density at radius 1 is 1.00 bits per heavy atom. The summed E-state index contributed by atoms with van der Waals surface area (Å²) in [5.41, 5.74) is 1.43. The van der Waals surface area contributed by atoms with Gasteiger partial charge in [0.15, 0.2) is 6.10 Å². The molecule has 1 rings (SSSR count). The van der Waals surface area contributed by atoms with E-state index in [0.29, 0.717) is 16.8 Å². The highest BCUT2D eigenvalue weighted by atomic mass is 16.6. The summed E-state index contributed by atoms with van der Waals surface area (Å²) in [5.74, 6) is -1.50. The lowest BCUT2D eigenvalue weighted by Gasteiger charge is -2.17. The summed E-state index contributed by atoms with van der Waals surface area (Å²) < 4.78 is 10.3. The van der Waals surface area contributed by atoms with Crippen LogP contribution in [-0.4, -0.2) is 54.0 Å². The maximum atomic E-state index is 12.2. The van der Waals surface area contributed by atoms with Crippen LogP contribution in [0, 0.1) is 13.8 Å². The zero-order valence-corrected chi connectivity index (χ0v) is 14.6. The molecule has 7 heteroatoms. The van der Waals surface area contributed by atoms with E-state index in [1.54, 1.807) is 41.8 Å². The molecular formula is C16H24N2O5. The normalized spacial score (nSPS) is 12.0. The molecule has 1 atom stereocenters. The Morgan fingerprint density at radius 3 is 2.04 bits per heavy atom. The van der Waals surface area contributed by atoms with E-state index in [0.717, 1.165) is 0 Å². The number of ether oxygens (including phenoxy) is 2. The van der Waals surface area contributed by atoms with Gasteiger partial charge in [0, 0.05) is 19.8 Å². The lowest BCUT2D eigenvalue weighted by Crippen LogP contribution is -2.35. The maximum absolute atomic E-state index is 12.2. The molecule has 0 spiro atoms. The summed E-state index contributed by atoms with van der Waals surface area (Å²) in [7, 11) is 3.16. The standard InChI is InChI=1S/C16H24N2O5/c1-8(2)22-15(20)12-9(3)13(17-10(12)4)16(21)23-11(5)14(19)18(6)7/h8,11,17H,1-7H3/t11-/m1/s1. The molecule has 0 fully saturated rings. The Morgan fingerprint density at radius 2 is 1.57 bits per heavy atom. The van der Waals surface area contributed by atoms with Gasteiger partial charge in [0.05, 0.1) is 11.7 Å². The lowest BCUT2D eigenvalue weighted by atomic mass is 10.1. The van der Waals surface area contributed by atoms with Gasteiger partial charge in [0.25, 0.3) is 5.91 Å². The largest absolute Gasteiger partial charge is 0.459 e. The molecule has 0 saturated heterocycles. The molecule has 1 heterocycles. The second-order valence-electron chi connectivity index (χ2n) is 5.86. The number of esters is 2. The zero-order chi connectivity index (χ0) is 17.9. The predicted molar refractivity (Wildman–Crippen MR) is 84.4 cm³/mol. The molecule has 23 heavy (non-hydrogen) atoms. The van der Waals surface area contributed by atoms with Crippen molar-refractivity contribution in [2.75, 3.05) is 14.1 Å². The predicted octanol–water partition coefficient (Wildman–Crippen LogP) is 1.83. The molecule has 1 aromatic rings. The van der Waals surface area contributed by atoms with Crippen molar-refractivity contribution in [3.63, 3.8) is 0 Å². The maximum Gasteiger partial charge on any atom is 0.355 e. The first-order chi connectivity index (χ1) is 10.6. The van der Waals surface area contributed by atoms with Gasteiger partial charge in [-0.1, -0.05) is 0 Å². The molecule has 1 N–H and O–H groups in total. The third-order valence-corrected chi connectivity index (χ3v) is 3.26. The van der Waals surface area contributed by atoms with E-state index in [-0.39, 0.29) is 17.7 Å². The van der Waals surface area contributed by atoms with Crippen molar-refractivity contribution < 1.29 is 23.9 Å². The Balaban J connectivity index is 3.00. The van der Waals surface area contributed by atoms with Gasteiger partial charge in [-0.15, -0.1) is 0 Å². The smallest absolute Gasteiger partial charge is 0.355 e. The molecule has 0 aromatic carbocycles. The number of hydrogen-bond acceptors (Lipinski definition) is 5. The highest BCUT2D eigenvalue weighted by Gasteiger charge is 2.27. The average molecular weight is 324 g/mol. The Hall–Kier alpha value is -2.31. The molecule has 0 aliphatic rings. The van der Waals surface area contributed by atoms with Crippen molar-refractivity contribution in [3.8, 4) is 0 Å². The van der Waals surface area contributed by atoms with E-state index in [1.165, 1.54) is 11.8 Å². The Labute approximate surface area is 135 Å². The van der Waals surface area contributed by atoms with Crippen molar-refractivity contribution >= 4 is 17.8 Å². The molecule has 0 saturated carbocycles. The molecular weight excluding hydrogens is 300 g/mol. The number of likely N-dealkylation sites (N-methyl/N-ethyl adjacent to an activating group) is 1. The van der Waals surface area contributed by atoms with Crippen LogP contribution in [0.15, 0.2) is 0 Å². The summed E-state index contributed by atoms with van der Waals surface area (Å²) in [6.07, 6.45) is -1.17. The van der Waals surface area contributed by atoms with Gasteiger partial charge in [-0.25, -0.2) is 9.59 Å². The number of carbonyl (C=O) groups is 3. The van der Waals surface area contributed by atoms with Crippen LogP contribution in [0.3, 0.4) is 0 Å². The number of hydrogen-bond donors (Lipinski definition) is 1. The van der Waals surface area contributed by atoms with E-state index in [9.17, 15) is 14.4 Å². The first-order valence-corrected chi connectivity index (χ1v) is 7.38. The van der Waals surface area contributed by atoms with Crippen molar-refractivity contribution in [1.82, 2.24) is 9.88 Å². The molecule has 128 valence electrons. The van der Waals surface area contributed by atoms with Crippen LogP contribution in [0.2, 0.25) is 0 Å². The zero-order valence-electron chi connectivity index (χ0n) is 14.6. The number of rotatable bonds is 5. The van der Waals surface area contributed by atoms with Gasteiger partial charge in [-0.3, -0.25) is 4.79 Å².